The van der Waals surface area contributed by atoms with Gasteiger partial charge in [0.1, 0.15) is 24.6 Å². The molecule has 3 aromatic rings. The molecule has 1 aromatic heterocycles. The number of hydrogen-bond donors (Lipinski definition) is 3. The average molecular weight is 603 g/mol. The molecule has 2 aromatic carbocycles. The number of hydrazone groups is 1. The van der Waals surface area contributed by atoms with Crippen molar-refractivity contribution in [1.29, 1.82) is 0 Å². The van der Waals surface area contributed by atoms with Crippen LogP contribution in [-0.2, 0) is 6.54 Å². The number of aliphatic hydroxyl groups is 1. The number of aromatic nitrogens is 1. The van der Waals surface area contributed by atoms with Gasteiger partial charge in [0, 0.05) is 30.3 Å². The summed E-state index contributed by atoms with van der Waals surface area (Å²) in [7, 11) is 0. The van der Waals surface area contributed by atoms with E-state index in [2.05, 4.69) is 15.8 Å². The predicted octanol–water partition coefficient (Wildman–Crippen LogP) is -1.20. The second-order valence-electron chi connectivity index (χ2n) is 7.98. The van der Waals surface area contributed by atoms with Crippen LogP contribution in [0.4, 0.5) is 17.1 Å². The third kappa shape index (κ3) is 7.24. The maximum absolute atomic E-state index is 12.1. The number of nitrogens with one attached hydrogen (secondary N) is 2. The van der Waals surface area contributed by atoms with Gasteiger partial charge in [-0.3, -0.25) is 30.4 Å². The highest BCUT2D eigenvalue weighted by atomic mass is 79.9. The first-order chi connectivity index (χ1) is 18.4. The number of hydrogen-bond acceptors (Lipinski definition) is 10. The van der Waals surface area contributed by atoms with Crippen molar-refractivity contribution in [2.24, 2.45) is 5.10 Å². The van der Waals surface area contributed by atoms with Crippen LogP contribution >= 0.6 is 0 Å². The third-order valence-electron chi connectivity index (χ3n) is 5.46. The number of rotatable bonds is 10. The average Bonchev–Trinajstić information content (AvgIpc) is 2.93. The van der Waals surface area contributed by atoms with E-state index in [1.165, 1.54) is 6.07 Å². The molecule has 1 amide bonds. The number of benzene rings is 2. The zero-order valence-corrected chi connectivity index (χ0v) is 21.9. The second-order valence-corrected chi connectivity index (χ2v) is 7.98. The van der Waals surface area contributed by atoms with Crippen molar-refractivity contribution in [3.63, 3.8) is 0 Å². The third-order valence-corrected chi connectivity index (χ3v) is 5.46. The van der Waals surface area contributed by atoms with E-state index >= 15 is 0 Å². The van der Waals surface area contributed by atoms with Crippen LogP contribution in [0.15, 0.2) is 66.0 Å². The Balaban J connectivity index is 0.00000420. The Labute approximate surface area is 231 Å². The van der Waals surface area contributed by atoms with E-state index in [0.717, 1.165) is 12.1 Å². The van der Waals surface area contributed by atoms with Gasteiger partial charge in [-0.1, -0.05) is 0 Å². The molecule has 0 atom stereocenters. The number of aliphatic hydroxyl groups excluding tert-OH is 1. The minimum Gasteiger partial charge on any atom is -1.00 e. The number of carbonyl (C=O) groups excluding carboxylic acids is 1. The van der Waals surface area contributed by atoms with Crippen LogP contribution in [0.5, 0.6) is 11.5 Å². The van der Waals surface area contributed by atoms with Crippen molar-refractivity contribution in [2.45, 2.75) is 6.54 Å². The van der Waals surface area contributed by atoms with Gasteiger partial charge >= 0.3 is 5.69 Å². The number of halogens is 1. The zero-order valence-electron chi connectivity index (χ0n) is 20.3. The lowest BCUT2D eigenvalue weighted by Gasteiger charge is -2.19. The molecule has 2 heterocycles. The van der Waals surface area contributed by atoms with Crippen molar-refractivity contribution in [3.8, 4) is 11.5 Å². The molecule has 204 valence electrons. The van der Waals surface area contributed by atoms with E-state index in [-0.39, 0.29) is 48.3 Å². The SMILES string of the molecule is O=C(NCCO)c1cc[n+](CC(=NNc2ccc([N+](=O)[O-])cc2[N+](=O)[O-])c2ccc3c(c2)OCCO3)cc1.[Br-]. The lowest BCUT2D eigenvalue weighted by Crippen LogP contribution is -3.00. The fraction of sp³-hybridized carbons (Fsp3) is 0.208. The van der Waals surface area contributed by atoms with Gasteiger partial charge in [-0.05, 0) is 24.3 Å². The van der Waals surface area contributed by atoms with Gasteiger partial charge in [0.2, 0.25) is 0 Å². The molecule has 0 fully saturated rings. The lowest BCUT2D eigenvalue weighted by atomic mass is 10.1. The molecule has 0 aliphatic carbocycles. The zero-order chi connectivity index (χ0) is 27.1. The number of non-ortho nitro benzene ring substituents is 1. The summed E-state index contributed by atoms with van der Waals surface area (Å²) in [6.45, 7) is 0.951. The molecule has 39 heavy (non-hydrogen) atoms. The normalized spacial score (nSPS) is 12.2. The number of nitro groups is 2. The van der Waals surface area contributed by atoms with Crippen LogP contribution in [0.2, 0.25) is 0 Å². The van der Waals surface area contributed by atoms with Gasteiger partial charge in [-0.2, -0.15) is 9.67 Å². The smallest absolute Gasteiger partial charge is 0.301 e. The molecular weight excluding hydrogens is 580 g/mol. The molecule has 1 aliphatic rings. The Hall–Kier alpha value is -4.63. The van der Waals surface area contributed by atoms with Crippen LogP contribution in [-0.4, -0.2) is 52.9 Å². The summed E-state index contributed by atoms with van der Waals surface area (Å²) in [5, 5.41) is 38.4. The molecule has 0 radical (unpaired) electrons. The molecule has 0 saturated heterocycles. The van der Waals surface area contributed by atoms with E-state index in [4.69, 9.17) is 14.6 Å². The van der Waals surface area contributed by atoms with Crippen LogP contribution in [0.25, 0.3) is 0 Å². The van der Waals surface area contributed by atoms with Gasteiger partial charge in [0.05, 0.1) is 28.1 Å². The van der Waals surface area contributed by atoms with E-state index in [0.29, 0.717) is 41.6 Å². The van der Waals surface area contributed by atoms with Crippen molar-refractivity contribution < 1.29 is 50.8 Å². The Morgan fingerprint density at radius 3 is 2.36 bits per heavy atom. The topological polar surface area (TPSA) is 182 Å². The van der Waals surface area contributed by atoms with Gasteiger partial charge in [0.15, 0.2) is 30.4 Å². The summed E-state index contributed by atoms with van der Waals surface area (Å²) < 4.78 is 13.0. The second kappa shape index (κ2) is 13.3. The first-order valence-corrected chi connectivity index (χ1v) is 11.4. The van der Waals surface area contributed by atoms with Gasteiger partial charge in [-0.25, -0.2) is 0 Å². The largest absolute Gasteiger partial charge is 1.00 e. The monoisotopic (exact) mass is 602 g/mol. The molecule has 0 saturated carbocycles. The summed E-state index contributed by atoms with van der Waals surface area (Å²) in [6.07, 6.45) is 3.32. The van der Waals surface area contributed by atoms with E-state index in [9.17, 15) is 25.0 Å². The Bertz CT molecular complexity index is 1400. The van der Waals surface area contributed by atoms with Crippen molar-refractivity contribution >= 4 is 28.7 Å². The van der Waals surface area contributed by atoms with Crippen LogP contribution in [0, 0.1) is 20.2 Å². The number of nitro benzene ring substituents is 2. The molecule has 0 unspecified atom stereocenters. The van der Waals surface area contributed by atoms with Crippen LogP contribution in [0.3, 0.4) is 0 Å². The molecule has 4 rings (SSSR count). The summed E-state index contributed by atoms with van der Waals surface area (Å²) in [4.78, 5) is 33.2. The molecule has 3 N–H and O–H groups in total. The summed E-state index contributed by atoms with van der Waals surface area (Å²) in [5.41, 5.74) is 3.17. The molecule has 15 heteroatoms. The van der Waals surface area contributed by atoms with Gasteiger partial charge < -0.3 is 36.9 Å². The number of pyridine rings is 1. The fourth-order valence-electron chi connectivity index (χ4n) is 3.58. The highest BCUT2D eigenvalue weighted by Gasteiger charge is 2.21. The lowest BCUT2D eigenvalue weighted by molar-refractivity contribution is -0.681. The Morgan fingerprint density at radius 2 is 1.69 bits per heavy atom. The first kappa shape index (κ1) is 28.9. The maximum Gasteiger partial charge on any atom is 0.301 e. The minimum atomic E-state index is -0.732. The van der Waals surface area contributed by atoms with Crippen LogP contribution < -0.4 is 41.8 Å². The standard InChI is InChI=1S/C24H22N6O8.BrH/c31-10-7-25-24(32)16-5-8-28(9-6-16)15-20(17-1-4-22-23(13-17)38-12-11-37-22)27-26-19-3-2-18(29(33)34)14-21(19)30(35)36;/h1-6,8-9,13-14,26,31H,7,10-12,15H2;1H. The molecule has 0 bridgehead atoms. The number of carbonyl (C=O) groups is 1. The summed E-state index contributed by atoms with van der Waals surface area (Å²) in [6, 6.07) is 11.6. The van der Waals surface area contributed by atoms with E-state index in [1.54, 1.807) is 47.3 Å². The summed E-state index contributed by atoms with van der Waals surface area (Å²) in [5.74, 6) is 0.756. The highest BCUT2D eigenvalue weighted by Crippen LogP contribution is 2.32. The van der Waals surface area contributed by atoms with Crippen molar-refractivity contribution in [1.82, 2.24) is 5.32 Å². The number of fused-ring (bicyclic) bond motifs is 1. The molecule has 14 nitrogen and oxygen atoms in total. The number of ether oxygens (including phenoxy) is 2. The van der Waals surface area contributed by atoms with E-state index < -0.39 is 21.2 Å². The number of anilines is 1. The molecule has 1 aliphatic heterocycles. The van der Waals surface area contributed by atoms with E-state index in [1.807, 2.05) is 0 Å². The molecule has 0 spiro atoms. The Kier molecular flexibility index (Phi) is 9.83. The molecular formula is C24H23BrN6O8. The predicted molar refractivity (Wildman–Crippen MR) is 133 cm³/mol. The number of amides is 1. The maximum atomic E-state index is 12.1. The first-order valence-electron chi connectivity index (χ1n) is 11.4. The minimum absolute atomic E-state index is 0. The highest BCUT2D eigenvalue weighted by molar-refractivity contribution is 6.00. The van der Waals surface area contributed by atoms with Gasteiger partial charge in [-0.15, -0.1) is 0 Å². The van der Waals surface area contributed by atoms with Crippen molar-refractivity contribution in [2.75, 3.05) is 31.8 Å². The number of nitrogens with zero attached hydrogens (tertiary/aromatic N) is 4. The van der Waals surface area contributed by atoms with Crippen molar-refractivity contribution in [3.05, 3.63) is 92.3 Å². The fourth-order valence-corrected chi connectivity index (χ4v) is 3.58. The Morgan fingerprint density at radius 1 is 0.974 bits per heavy atom. The van der Waals surface area contributed by atoms with Crippen LogP contribution in [0.1, 0.15) is 15.9 Å². The summed E-state index contributed by atoms with van der Waals surface area (Å²) >= 11 is 0. The quantitative estimate of drug-likeness (QED) is 0.111. The van der Waals surface area contributed by atoms with Gasteiger partial charge in [0.25, 0.3) is 11.6 Å².